The lowest BCUT2D eigenvalue weighted by atomic mass is 10.0. The van der Waals surface area contributed by atoms with Gasteiger partial charge in [0.05, 0.1) is 17.8 Å². The van der Waals surface area contributed by atoms with Crippen molar-refractivity contribution in [1.82, 2.24) is 9.55 Å². The van der Waals surface area contributed by atoms with E-state index in [0.717, 1.165) is 35.2 Å². The van der Waals surface area contributed by atoms with Gasteiger partial charge in [-0.25, -0.2) is 9.78 Å². The molecule has 0 atom stereocenters. The fraction of sp³-hybridized carbons (Fsp3) is 0.375. The Balaban J connectivity index is 1.94. The van der Waals surface area contributed by atoms with Gasteiger partial charge in [-0.3, -0.25) is 0 Å². The maximum atomic E-state index is 11.0. The van der Waals surface area contributed by atoms with Gasteiger partial charge in [-0.1, -0.05) is 22.0 Å². The summed E-state index contributed by atoms with van der Waals surface area (Å²) in [7, 11) is 0. The highest BCUT2D eigenvalue weighted by Gasteiger charge is 2.18. The van der Waals surface area contributed by atoms with Gasteiger partial charge < -0.3 is 9.67 Å². The van der Waals surface area contributed by atoms with E-state index in [1.807, 2.05) is 13.0 Å². The zero-order valence-corrected chi connectivity index (χ0v) is 13.5. The molecule has 0 aliphatic heterocycles. The summed E-state index contributed by atoms with van der Waals surface area (Å²) >= 11 is 3.48. The van der Waals surface area contributed by atoms with Crippen LogP contribution in [0.3, 0.4) is 0 Å². The molecule has 3 rings (SSSR count). The lowest BCUT2D eigenvalue weighted by Crippen LogP contribution is -2.11. The lowest BCUT2D eigenvalue weighted by molar-refractivity contribution is 0.0697. The number of nitrogens with zero attached hydrogens (tertiary/aromatic N) is 2. The summed E-state index contributed by atoms with van der Waals surface area (Å²) in [6.45, 7) is 2.77. The number of aryl methyl sites for hydroxylation is 2. The van der Waals surface area contributed by atoms with Crippen molar-refractivity contribution < 1.29 is 9.90 Å². The summed E-state index contributed by atoms with van der Waals surface area (Å²) < 4.78 is 3.09. The maximum Gasteiger partial charge on any atom is 0.335 e. The van der Waals surface area contributed by atoms with Gasteiger partial charge >= 0.3 is 5.97 Å². The van der Waals surface area contributed by atoms with E-state index in [9.17, 15) is 4.79 Å². The lowest BCUT2D eigenvalue weighted by Gasteiger charge is -2.15. The number of carboxylic acids is 1. The number of carboxylic acid groups (broad SMARTS) is 1. The number of imidazole rings is 1. The van der Waals surface area contributed by atoms with E-state index < -0.39 is 5.97 Å². The quantitative estimate of drug-likeness (QED) is 0.922. The molecular weight excluding hydrogens is 332 g/mol. The second kappa shape index (κ2) is 5.64. The van der Waals surface area contributed by atoms with E-state index in [1.165, 1.54) is 24.2 Å². The predicted octanol–water partition coefficient (Wildman–Crippen LogP) is 3.58. The van der Waals surface area contributed by atoms with Crippen LogP contribution < -0.4 is 0 Å². The van der Waals surface area contributed by atoms with E-state index >= 15 is 0 Å². The highest BCUT2D eigenvalue weighted by molar-refractivity contribution is 9.10. The smallest absolute Gasteiger partial charge is 0.335 e. The third kappa shape index (κ3) is 2.75. The van der Waals surface area contributed by atoms with E-state index in [4.69, 9.17) is 5.11 Å². The molecule has 1 heterocycles. The summed E-state index contributed by atoms with van der Waals surface area (Å²) in [5.41, 5.74) is 3.95. The van der Waals surface area contributed by atoms with Gasteiger partial charge in [-0.2, -0.15) is 0 Å². The van der Waals surface area contributed by atoms with Gasteiger partial charge in [0.2, 0.25) is 0 Å². The molecule has 0 saturated carbocycles. The number of rotatable bonds is 3. The molecule has 1 N–H and O–H groups in total. The van der Waals surface area contributed by atoms with Gasteiger partial charge in [0, 0.05) is 10.2 Å². The van der Waals surface area contributed by atoms with E-state index in [-0.39, 0.29) is 0 Å². The number of benzene rings is 1. The second-order valence-corrected chi connectivity index (χ2v) is 6.31. The molecule has 1 aromatic heterocycles. The first-order chi connectivity index (χ1) is 10.1. The van der Waals surface area contributed by atoms with Gasteiger partial charge in [-0.15, -0.1) is 0 Å². The third-order valence-electron chi connectivity index (χ3n) is 4.05. The Morgan fingerprint density at radius 1 is 1.38 bits per heavy atom. The van der Waals surface area contributed by atoms with Crippen LogP contribution in [0, 0.1) is 6.92 Å². The SMILES string of the molecule is Cc1nc2c(n1Cc1ccc(C(=O)O)cc1Br)CCCC2. The molecule has 0 radical (unpaired) electrons. The van der Waals surface area contributed by atoms with Crippen molar-refractivity contribution in [1.29, 1.82) is 0 Å². The Kier molecular flexibility index (Phi) is 3.85. The summed E-state index contributed by atoms with van der Waals surface area (Å²) in [6.07, 6.45) is 4.60. The molecule has 0 spiro atoms. The zero-order chi connectivity index (χ0) is 15.0. The normalized spacial score (nSPS) is 14.0. The van der Waals surface area contributed by atoms with Gasteiger partial charge in [-0.05, 0) is 50.3 Å². The summed E-state index contributed by atoms with van der Waals surface area (Å²) in [6, 6.07) is 5.19. The molecule has 21 heavy (non-hydrogen) atoms. The Bertz CT molecular complexity index is 707. The molecule has 0 amide bonds. The molecule has 0 saturated heterocycles. The first-order valence-electron chi connectivity index (χ1n) is 7.13. The molecule has 0 unspecified atom stereocenters. The summed E-state index contributed by atoms with van der Waals surface area (Å²) in [5, 5.41) is 9.02. The van der Waals surface area contributed by atoms with Crippen molar-refractivity contribution in [2.75, 3.05) is 0 Å². The number of aromatic nitrogens is 2. The monoisotopic (exact) mass is 348 g/mol. The molecule has 0 bridgehead atoms. The third-order valence-corrected chi connectivity index (χ3v) is 4.79. The number of fused-ring (bicyclic) bond motifs is 1. The summed E-state index contributed by atoms with van der Waals surface area (Å²) in [5.74, 6) is 0.134. The van der Waals surface area contributed by atoms with Gasteiger partial charge in [0.1, 0.15) is 5.82 Å². The minimum Gasteiger partial charge on any atom is -0.478 e. The summed E-state index contributed by atoms with van der Waals surface area (Å²) in [4.78, 5) is 15.7. The standard InChI is InChI=1S/C16H17BrN2O2/c1-10-18-14-4-2-3-5-15(14)19(10)9-12-7-6-11(16(20)21)8-13(12)17/h6-8H,2-5,9H2,1H3,(H,20,21). The van der Waals surface area contributed by atoms with E-state index in [2.05, 4.69) is 25.5 Å². The molecule has 1 aromatic carbocycles. The van der Waals surface area contributed by atoms with Crippen molar-refractivity contribution in [2.24, 2.45) is 0 Å². The molecule has 5 heteroatoms. The number of carbonyl (C=O) groups is 1. The number of hydrogen-bond acceptors (Lipinski definition) is 2. The maximum absolute atomic E-state index is 11.0. The topological polar surface area (TPSA) is 55.1 Å². The molecule has 1 aliphatic rings. The van der Waals surface area contributed by atoms with Crippen LogP contribution >= 0.6 is 15.9 Å². The average Bonchev–Trinajstić information content (AvgIpc) is 2.77. The van der Waals surface area contributed by atoms with Crippen molar-refractivity contribution in [3.63, 3.8) is 0 Å². The Labute approximate surface area is 131 Å². The Morgan fingerprint density at radius 2 is 2.14 bits per heavy atom. The fourth-order valence-electron chi connectivity index (χ4n) is 2.92. The zero-order valence-electron chi connectivity index (χ0n) is 11.9. The van der Waals surface area contributed by atoms with Crippen molar-refractivity contribution >= 4 is 21.9 Å². The average molecular weight is 349 g/mol. The van der Waals surface area contributed by atoms with Crippen molar-refractivity contribution in [2.45, 2.75) is 39.2 Å². The Hall–Kier alpha value is -1.62. The highest BCUT2D eigenvalue weighted by Crippen LogP contribution is 2.25. The first kappa shape index (κ1) is 14.3. The molecular formula is C16H17BrN2O2. The van der Waals surface area contributed by atoms with E-state index in [0.29, 0.717) is 5.56 Å². The van der Waals surface area contributed by atoms with Crippen LogP contribution in [0.15, 0.2) is 22.7 Å². The van der Waals surface area contributed by atoms with Crippen LogP contribution in [0.25, 0.3) is 0 Å². The molecule has 2 aromatic rings. The van der Waals surface area contributed by atoms with Gasteiger partial charge in [0.25, 0.3) is 0 Å². The van der Waals surface area contributed by atoms with Crippen LogP contribution in [-0.4, -0.2) is 20.6 Å². The molecule has 110 valence electrons. The first-order valence-corrected chi connectivity index (χ1v) is 7.92. The number of halogens is 1. The van der Waals surface area contributed by atoms with Crippen LogP contribution in [0.2, 0.25) is 0 Å². The fourth-order valence-corrected chi connectivity index (χ4v) is 3.43. The van der Waals surface area contributed by atoms with Crippen LogP contribution in [0.1, 0.15) is 46.0 Å². The molecule has 1 aliphatic carbocycles. The van der Waals surface area contributed by atoms with E-state index in [1.54, 1.807) is 12.1 Å². The minimum absolute atomic E-state index is 0.301. The second-order valence-electron chi connectivity index (χ2n) is 5.46. The van der Waals surface area contributed by atoms with Crippen LogP contribution in [0.5, 0.6) is 0 Å². The van der Waals surface area contributed by atoms with Crippen LogP contribution in [-0.2, 0) is 19.4 Å². The van der Waals surface area contributed by atoms with Crippen LogP contribution in [0.4, 0.5) is 0 Å². The molecule has 0 fully saturated rings. The minimum atomic E-state index is -0.904. The van der Waals surface area contributed by atoms with Crippen molar-refractivity contribution in [3.8, 4) is 0 Å². The van der Waals surface area contributed by atoms with Crippen molar-refractivity contribution in [3.05, 3.63) is 51.0 Å². The van der Waals surface area contributed by atoms with Gasteiger partial charge in [0.15, 0.2) is 0 Å². The number of aromatic carboxylic acids is 1. The predicted molar refractivity (Wildman–Crippen MR) is 83.8 cm³/mol. The highest BCUT2D eigenvalue weighted by atomic mass is 79.9. The Morgan fingerprint density at radius 3 is 2.86 bits per heavy atom. The largest absolute Gasteiger partial charge is 0.478 e. The molecule has 4 nitrogen and oxygen atoms in total. The number of hydrogen-bond donors (Lipinski definition) is 1.